The molecule has 8 aromatic rings. The molecule has 0 N–H and O–H groups in total. The molecule has 1 unspecified atom stereocenters. The summed E-state index contributed by atoms with van der Waals surface area (Å²) < 4.78 is 0. The van der Waals surface area contributed by atoms with Crippen molar-refractivity contribution in [2.24, 2.45) is 0 Å². The number of anilines is 2. The molecule has 0 saturated carbocycles. The van der Waals surface area contributed by atoms with Crippen LogP contribution in [0.5, 0.6) is 0 Å². The predicted octanol–water partition coefficient (Wildman–Crippen LogP) is 15.4. The fraction of sp³-hybridized carbons (Fsp3) is 0.148. The van der Waals surface area contributed by atoms with E-state index in [4.69, 9.17) is 0 Å². The first-order chi connectivity index (χ1) is 30.3. The molecule has 0 aliphatic heterocycles. The number of allylic oxidation sites excluding steroid dienone is 3. The van der Waals surface area contributed by atoms with Gasteiger partial charge in [-0.2, -0.15) is 0 Å². The van der Waals surface area contributed by atoms with Gasteiger partial charge in [-0.15, -0.1) is 0 Å². The van der Waals surface area contributed by atoms with E-state index in [0.717, 1.165) is 12.1 Å². The lowest BCUT2D eigenvalue weighted by Crippen LogP contribution is -2.26. The van der Waals surface area contributed by atoms with Gasteiger partial charge in [0.1, 0.15) is 0 Å². The van der Waals surface area contributed by atoms with Gasteiger partial charge in [0, 0.05) is 33.7 Å². The van der Waals surface area contributed by atoms with E-state index in [0.29, 0.717) is 5.92 Å². The van der Waals surface area contributed by atoms with Crippen molar-refractivity contribution in [2.45, 2.75) is 56.3 Å². The largest absolute Gasteiger partial charge is 0.310 e. The normalized spacial score (nSPS) is 18.0. The van der Waals surface area contributed by atoms with Crippen LogP contribution in [-0.4, -0.2) is 0 Å². The molecule has 1 heteroatoms. The van der Waals surface area contributed by atoms with E-state index in [2.05, 4.69) is 227 Å². The van der Waals surface area contributed by atoms with E-state index in [1.807, 2.05) is 0 Å². The molecule has 0 radical (unpaired) electrons. The third kappa shape index (κ3) is 4.53. The Labute approximate surface area is 365 Å². The Kier molecular flexibility index (Phi) is 7.24. The van der Waals surface area contributed by atoms with Crippen molar-refractivity contribution in [2.75, 3.05) is 4.90 Å². The van der Waals surface area contributed by atoms with Crippen LogP contribution in [0.2, 0.25) is 0 Å². The lowest BCUT2D eigenvalue weighted by molar-refractivity contribution is 0.609. The maximum atomic E-state index is 2.58. The SMILES string of the molecule is CC1(C)C2=CC(N(c3ccc(-c4ccc5c(c4)C(C)(C)c4ccccc4-5)cc3)c3cccc4c3-c3ccccc3C43c4ccccc4-c4ccccc43)=CCC2c2ccccc21. The smallest absolute Gasteiger partial charge is 0.0726 e. The zero-order valence-electron chi connectivity index (χ0n) is 35.7. The summed E-state index contributed by atoms with van der Waals surface area (Å²) in [5, 5.41) is 0. The molecule has 8 aromatic carbocycles. The Morgan fingerprint density at radius 3 is 1.66 bits per heavy atom. The average Bonchev–Trinajstić information content (AvgIpc) is 3.95. The van der Waals surface area contributed by atoms with Gasteiger partial charge in [-0.05, 0) is 120 Å². The molecule has 0 bridgehead atoms. The molecule has 62 heavy (non-hydrogen) atoms. The maximum absolute atomic E-state index is 2.58. The average molecular weight is 794 g/mol. The fourth-order valence-electron chi connectivity index (χ4n) is 12.7. The van der Waals surface area contributed by atoms with Crippen LogP contribution in [0.4, 0.5) is 11.4 Å². The van der Waals surface area contributed by atoms with E-state index in [1.165, 1.54) is 106 Å². The van der Waals surface area contributed by atoms with Crippen LogP contribution in [0.1, 0.15) is 84.5 Å². The molecule has 0 heterocycles. The standard InChI is InChI=1S/C61H47N/c1-59(2)49-21-10-5-16-42(49)46-34-30-39(36-55(46)59)38-28-31-40(32-29-38)62(41-33-35-47-43-17-6-11-22-50(43)60(3,4)56(47)37-41)57-27-15-26-54-58(57)48-20-9-14-25-53(48)61(54)51-23-12-7-18-44(51)45-19-8-13-24-52(45)61/h5-34,36-37,47H,35H2,1-4H3. The number of fused-ring (bicyclic) bond motifs is 16. The highest BCUT2D eigenvalue weighted by molar-refractivity contribution is 6.00. The minimum Gasteiger partial charge on any atom is -0.310 e. The minimum atomic E-state index is -0.411. The molecule has 5 aliphatic carbocycles. The quantitative estimate of drug-likeness (QED) is 0.172. The van der Waals surface area contributed by atoms with Crippen LogP contribution < -0.4 is 4.90 Å². The van der Waals surface area contributed by atoms with Crippen molar-refractivity contribution < 1.29 is 0 Å². The minimum absolute atomic E-state index is 0.0488. The lowest BCUT2D eigenvalue weighted by Gasteiger charge is -2.34. The van der Waals surface area contributed by atoms with Gasteiger partial charge in [0.2, 0.25) is 0 Å². The van der Waals surface area contributed by atoms with Crippen LogP contribution in [-0.2, 0) is 16.2 Å². The molecule has 1 spiro atoms. The lowest BCUT2D eigenvalue weighted by atomic mass is 9.70. The second kappa shape index (κ2) is 12.6. The molecule has 13 rings (SSSR count). The molecule has 0 saturated heterocycles. The highest BCUT2D eigenvalue weighted by Gasteiger charge is 2.52. The summed E-state index contributed by atoms with van der Waals surface area (Å²) >= 11 is 0. The van der Waals surface area contributed by atoms with Crippen molar-refractivity contribution in [1.82, 2.24) is 0 Å². The van der Waals surface area contributed by atoms with Gasteiger partial charge in [0.05, 0.1) is 11.1 Å². The van der Waals surface area contributed by atoms with Crippen LogP contribution in [0, 0.1) is 0 Å². The number of nitrogens with zero attached hydrogens (tertiary/aromatic N) is 1. The number of benzene rings is 8. The summed E-state index contributed by atoms with van der Waals surface area (Å²) in [6, 6.07) is 69.1. The Bertz CT molecular complexity index is 3230. The van der Waals surface area contributed by atoms with Gasteiger partial charge in [0.25, 0.3) is 0 Å². The van der Waals surface area contributed by atoms with Gasteiger partial charge in [0.15, 0.2) is 0 Å². The van der Waals surface area contributed by atoms with Crippen molar-refractivity contribution >= 4 is 11.4 Å². The van der Waals surface area contributed by atoms with E-state index in [1.54, 1.807) is 0 Å². The summed E-state index contributed by atoms with van der Waals surface area (Å²) in [7, 11) is 0. The third-order valence-electron chi connectivity index (χ3n) is 15.5. The Morgan fingerprint density at radius 2 is 0.968 bits per heavy atom. The van der Waals surface area contributed by atoms with Crippen molar-refractivity contribution in [1.29, 1.82) is 0 Å². The Hall–Kier alpha value is -6.96. The maximum Gasteiger partial charge on any atom is 0.0726 e. The van der Waals surface area contributed by atoms with Gasteiger partial charge in [-0.25, -0.2) is 0 Å². The number of rotatable bonds is 4. The van der Waals surface area contributed by atoms with E-state index >= 15 is 0 Å². The highest BCUT2D eigenvalue weighted by Crippen LogP contribution is 2.65. The van der Waals surface area contributed by atoms with Crippen molar-refractivity contribution in [3.63, 3.8) is 0 Å². The van der Waals surface area contributed by atoms with E-state index in [-0.39, 0.29) is 10.8 Å². The molecular formula is C61H47N. The van der Waals surface area contributed by atoms with Gasteiger partial charge in [-0.3, -0.25) is 0 Å². The zero-order chi connectivity index (χ0) is 41.5. The van der Waals surface area contributed by atoms with Crippen LogP contribution in [0.3, 0.4) is 0 Å². The number of hydrogen-bond acceptors (Lipinski definition) is 1. The second-order valence-corrected chi connectivity index (χ2v) is 19.1. The van der Waals surface area contributed by atoms with Gasteiger partial charge >= 0.3 is 0 Å². The first kappa shape index (κ1) is 35.8. The van der Waals surface area contributed by atoms with Gasteiger partial charge < -0.3 is 4.90 Å². The predicted molar refractivity (Wildman–Crippen MR) is 257 cm³/mol. The second-order valence-electron chi connectivity index (χ2n) is 19.1. The first-order valence-electron chi connectivity index (χ1n) is 22.4. The zero-order valence-corrected chi connectivity index (χ0v) is 35.7. The highest BCUT2D eigenvalue weighted by atomic mass is 15.2. The summed E-state index contributed by atoms with van der Waals surface area (Å²) in [6.45, 7) is 9.58. The Balaban J connectivity index is 1.01. The van der Waals surface area contributed by atoms with Crippen LogP contribution in [0.25, 0.3) is 44.5 Å². The molecule has 0 fully saturated rings. The Morgan fingerprint density at radius 1 is 0.435 bits per heavy atom. The van der Waals surface area contributed by atoms with E-state index < -0.39 is 5.41 Å². The fourth-order valence-corrected chi connectivity index (χ4v) is 12.7. The summed E-state index contributed by atoms with van der Waals surface area (Å²) in [5.41, 5.74) is 26.3. The topological polar surface area (TPSA) is 3.24 Å². The van der Waals surface area contributed by atoms with Crippen LogP contribution in [0.15, 0.2) is 205 Å². The molecule has 0 amide bonds. The summed E-state index contributed by atoms with van der Waals surface area (Å²) in [6.07, 6.45) is 6.02. The van der Waals surface area contributed by atoms with Gasteiger partial charge in [-0.1, -0.05) is 197 Å². The first-order valence-corrected chi connectivity index (χ1v) is 22.4. The third-order valence-corrected chi connectivity index (χ3v) is 15.5. The molecule has 5 aliphatic rings. The summed E-state index contributed by atoms with van der Waals surface area (Å²) in [5.74, 6) is 0.390. The van der Waals surface area contributed by atoms with E-state index in [9.17, 15) is 0 Å². The molecule has 1 nitrogen and oxygen atoms in total. The number of hydrogen-bond donors (Lipinski definition) is 0. The molecule has 1 atom stereocenters. The summed E-state index contributed by atoms with van der Waals surface area (Å²) in [4.78, 5) is 2.58. The molecule has 0 aromatic heterocycles. The molecule has 296 valence electrons. The van der Waals surface area contributed by atoms with Crippen LogP contribution >= 0.6 is 0 Å². The molecular weight excluding hydrogens is 747 g/mol. The monoisotopic (exact) mass is 793 g/mol. The van der Waals surface area contributed by atoms with Crippen molar-refractivity contribution in [3.8, 4) is 44.5 Å². The van der Waals surface area contributed by atoms with Crippen molar-refractivity contribution in [3.05, 3.63) is 250 Å².